The van der Waals surface area contributed by atoms with Gasteiger partial charge in [0.25, 0.3) is 0 Å². The predicted octanol–water partition coefficient (Wildman–Crippen LogP) is 3.82. The fraction of sp³-hybridized carbons (Fsp3) is 0.462. The molecule has 0 amide bonds. The third kappa shape index (κ3) is 2.33. The smallest absolute Gasteiger partial charge is 0.305 e. The number of hydrogen-bond acceptors (Lipinski definition) is 1. The average molecular weight is 218 g/mol. The van der Waals surface area contributed by atoms with Crippen LogP contribution in [-0.4, -0.2) is 5.66 Å². The highest BCUT2D eigenvalue weighted by molar-refractivity contribution is 5.46. The monoisotopic (exact) mass is 218 g/mol. The zero-order chi connectivity index (χ0) is 11.4. The number of anilines is 1. The summed E-state index contributed by atoms with van der Waals surface area (Å²) in [6.45, 7) is 7.33. The van der Waals surface area contributed by atoms with Crippen LogP contribution in [0.2, 0.25) is 0 Å². The lowest BCUT2D eigenvalue weighted by atomic mass is 9.89. The van der Waals surface area contributed by atoms with Crippen molar-refractivity contribution in [2.75, 3.05) is 5.32 Å². The fourth-order valence-corrected chi connectivity index (χ4v) is 2.20. The Morgan fingerprint density at radius 3 is 2.31 bits per heavy atom. The van der Waals surface area contributed by atoms with Crippen molar-refractivity contribution in [1.29, 1.82) is 0 Å². The molecule has 1 saturated carbocycles. The average Bonchev–Trinajstić information content (AvgIpc) is 2.33. The molecule has 0 aliphatic heterocycles. The first-order chi connectivity index (χ1) is 7.74. The summed E-state index contributed by atoms with van der Waals surface area (Å²) in [4.78, 5) is 3.74. The van der Waals surface area contributed by atoms with Gasteiger partial charge in [0.15, 0.2) is 0 Å². The van der Waals surface area contributed by atoms with Crippen LogP contribution in [0.15, 0.2) is 24.3 Å². The maximum absolute atomic E-state index is 12.8. The Hall–Kier alpha value is -1.56. The highest BCUT2D eigenvalue weighted by Crippen LogP contribution is 2.32. The Bertz CT molecular complexity index is 385. The van der Waals surface area contributed by atoms with Crippen LogP contribution in [-0.2, 0) is 0 Å². The van der Waals surface area contributed by atoms with Gasteiger partial charge in [-0.15, -0.1) is 0 Å². The first-order valence-electron chi connectivity index (χ1n) is 5.66. The quantitative estimate of drug-likeness (QED) is 0.746. The SMILES string of the molecule is [C-]#[N+]C1(Nc2ccc(F)cc2)CCCCC1. The van der Waals surface area contributed by atoms with Crippen LogP contribution in [0, 0.1) is 12.4 Å². The van der Waals surface area contributed by atoms with Crippen molar-refractivity contribution in [1.82, 2.24) is 0 Å². The minimum Gasteiger partial charge on any atom is -0.314 e. The van der Waals surface area contributed by atoms with Crippen molar-refractivity contribution in [2.45, 2.75) is 37.8 Å². The molecule has 2 rings (SSSR count). The van der Waals surface area contributed by atoms with Gasteiger partial charge in [-0.3, -0.25) is 4.85 Å². The van der Waals surface area contributed by atoms with Gasteiger partial charge in [0.1, 0.15) is 5.82 Å². The van der Waals surface area contributed by atoms with E-state index in [1.807, 2.05) is 0 Å². The molecule has 0 radical (unpaired) electrons. The summed E-state index contributed by atoms with van der Waals surface area (Å²) in [7, 11) is 0. The summed E-state index contributed by atoms with van der Waals surface area (Å²) in [5.41, 5.74) is 0.370. The minimum absolute atomic E-state index is 0.244. The molecule has 16 heavy (non-hydrogen) atoms. The second-order valence-corrected chi connectivity index (χ2v) is 4.34. The van der Waals surface area contributed by atoms with Crippen molar-refractivity contribution < 1.29 is 4.39 Å². The summed E-state index contributed by atoms with van der Waals surface area (Å²) in [6.07, 6.45) is 5.16. The predicted molar refractivity (Wildman–Crippen MR) is 62.4 cm³/mol. The molecule has 0 saturated heterocycles. The van der Waals surface area contributed by atoms with E-state index in [0.717, 1.165) is 31.4 Å². The number of halogens is 1. The van der Waals surface area contributed by atoms with Crippen molar-refractivity contribution in [2.24, 2.45) is 0 Å². The first-order valence-corrected chi connectivity index (χ1v) is 5.66. The molecule has 3 heteroatoms. The Morgan fingerprint density at radius 2 is 1.75 bits per heavy atom. The summed E-state index contributed by atoms with van der Waals surface area (Å²) in [6, 6.07) is 6.22. The van der Waals surface area contributed by atoms with Gasteiger partial charge in [0.2, 0.25) is 0 Å². The summed E-state index contributed by atoms with van der Waals surface area (Å²) >= 11 is 0. The Labute approximate surface area is 95.3 Å². The molecule has 0 heterocycles. The molecule has 1 N–H and O–H groups in total. The third-order valence-electron chi connectivity index (χ3n) is 3.12. The van der Waals surface area contributed by atoms with Gasteiger partial charge in [-0.2, -0.15) is 0 Å². The van der Waals surface area contributed by atoms with Crippen LogP contribution >= 0.6 is 0 Å². The van der Waals surface area contributed by atoms with E-state index in [9.17, 15) is 4.39 Å². The molecule has 0 aromatic heterocycles. The topological polar surface area (TPSA) is 16.4 Å². The molecular formula is C13H15FN2. The van der Waals surface area contributed by atoms with Crippen LogP contribution in [0.4, 0.5) is 10.1 Å². The molecule has 0 spiro atoms. The minimum atomic E-state index is -0.462. The van der Waals surface area contributed by atoms with Gasteiger partial charge in [-0.05, 0) is 37.1 Å². The molecule has 1 aliphatic rings. The van der Waals surface area contributed by atoms with Crippen LogP contribution in [0.3, 0.4) is 0 Å². The van der Waals surface area contributed by atoms with Gasteiger partial charge in [-0.25, -0.2) is 11.0 Å². The maximum Gasteiger partial charge on any atom is 0.305 e. The van der Waals surface area contributed by atoms with Crippen molar-refractivity contribution >= 4 is 5.69 Å². The second-order valence-electron chi connectivity index (χ2n) is 4.34. The zero-order valence-corrected chi connectivity index (χ0v) is 9.17. The van der Waals surface area contributed by atoms with Crippen molar-refractivity contribution in [3.8, 4) is 0 Å². The van der Waals surface area contributed by atoms with Crippen molar-refractivity contribution in [3.05, 3.63) is 41.5 Å². The van der Waals surface area contributed by atoms with E-state index in [2.05, 4.69) is 10.2 Å². The van der Waals surface area contributed by atoms with Crippen LogP contribution in [0.1, 0.15) is 32.1 Å². The molecule has 0 bridgehead atoms. The number of hydrogen-bond donors (Lipinski definition) is 1. The molecule has 2 nitrogen and oxygen atoms in total. The van der Waals surface area contributed by atoms with Crippen LogP contribution in [0.5, 0.6) is 0 Å². The molecule has 84 valence electrons. The maximum atomic E-state index is 12.8. The molecule has 1 fully saturated rings. The third-order valence-corrected chi connectivity index (χ3v) is 3.12. The molecule has 0 unspecified atom stereocenters. The van der Waals surface area contributed by atoms with Crippen LogP contribution in [0.25, 0.3) is 4.85 Å². The van der Waals surface area contributed by atoms with E-state index in [1.165, 1.54) is 18.6 Å². The number of benzene rings is 1. The van der Waals surface area contributed by atoms with E-state index in [-0.39, 0.29) is 5.82 Å². The van der Waals surface area contributed by atoms with E-state index in [1.54, 1.807) is 12.1 Å². The highest BCUT2D eigenvalue weighted by Gasteiger charge is 2.37. The van der Waals surface area contributed by atoms with Gasteiger partial charge in [0, 0.05) is 18.5 Å². The molecule has 1 aliphatic carbocycles. The normalized spacial score (nSPS) is 18.8. The number of nitrogens with zero attached hydrogens (tertiary/aromatic N) is 1. The van der Waals surface area contributed by atoms with Gasteiger partial charge < -0.3 is 5.32 Å². The highest BCUT2D eigenvalue weighted by atomic mass is 19.1. The summed E-state index contributed by atoms with van der Waals surface area (Å²) < 4.78 is 12.8. The standard InChI is InChI=1S/C13H15FN2/c1-15-13(9-3-2-4-10-13)16-12-7-5-11(14)6-8-12/h5-8,16H,2-4,9-10H2. The second kappa shape index (κ2) is 4.52. The zero-order valence-electron chi connectivity index (χ0n) is 9.17. The van der Waals surface area contributed by atoms with Gasteiger partial charge >= 0.3 is 5.66 Å². The number of rotatable bonds is 2. The van der Waals surface area contributed by atoms with Crippen LogP contribution < -0.4 is 5.32 Å². The van der Waals surface area contributed by atoms with E-state index in [4.69, 9.17) is 6.57 Å². The van der Waals surface area contributed by atoms with Crippen molar-refractivity contribution in [3.63, 3.8) is 0 Å². The van der Waals surface area contributed by atoms with Gasteiger partial charge in [0.05, 0.1) is 0 Å². The Balaban J connectivity index is 2.12. The largest absolute Gasteiger partial charge is 0.314 e. The fourth-order valence-electron chi connectivity index (χ4n) is 2.20. The molecular weight excluding hydrogens is 203 g/mol. The molecule has 1 aromatic rings. The summed E-state index contributed by atoms with van der Waals surface area (Å²) in [5, 5.41) is 3.25. The van der Waals surface area contributed by atoms with E-state index < -0.39 is 5.66 Å². The molecule has 1 aromatic carbocycles. The Kier molecular flexibility index (Phi) is 3.09. The summed E-state index contributed by atoms with van der Waals surface area (Å²) in [5.74, 6) is -0.244. The van der Waals surface area contributed by atoms with E-state index >= 15 is 0 Å². The first kappa shape index (κ1) is 10.9. The van der Waals surface area contributed by atoms with Gasteiger partial charge in [-0.1, -0.05) is 6.42 Å². The Morgan fingerprint density at radius 1 is 1.12 bits per heavy atom. The lowest BCUT2D eigenvalue weighted by molar-refractivity contribution is 0.382. The lowest BCUT2D eigenvalue weighted by Gasteiger charge is -2.27. The lowest BCUT2D eigenvalue weighted by Crippen LogP contribution is -2.36. The molecule has 0 atom stereocenters. The number of nitrogens with one attached hydrogen (secondary N) is 1. The van der Waals surface area contributed by atoms with E-state index in [0.29, 0.717) is 0 Å².